The first-order valence-corrected chi connectivity index (χ1v) is 8.15. The molecule has 1 rings (SSSR count). The summed E-state index contributed by atoms with van der Waals surface area (Å²) in [4.78, 5) is 25.2. The fourth-order valence-corrected chi connectivity index (χ4v) is 2.52. The second-order valence-electron chi connectivity index (χ2n) is 4.93. The Bertz CT molecular complexity index is 477. The molecule has 0 atom stereocenters. The standard InChI is InChI=1S/C16H23BrN2O2/c1-3-4-7-11-18-16(21)10-12-19(13(2)20)15-9-6-5-8-14(15)17/h5-6,8-9H,3-4,7,10-12H2,1-2H3,(H,18,21). The molecule has 0 aliphatic rings. The van der Waals surface area contributed by atoms with E-state index in [1.807, 2.05) is 24.3 Å². The number of benzene rings is 1. The first kappa shape index (κ1) is 17.7. The summed E-state index contributed by atoms with van der Waals surface area (Å²) >= 11 is 3.44. The van der Waals surface area contributed by atoms with Gasteiger partial charge < -0.3 is 10.2 Å². The topological polar surface area (TPSA) is 49.4 Å². The highest BCUT2D eigenvalue weighted by Gasteiger charge is 2.15. The Hall–Kier alpha value is -1.36. The molecule has 2 amide bonds. The van der Waals surface area contributed by atoms with Crippen LogP contribution in [-0.2, 0) is 9.59 Å². The van der Waals surface area contributed by atoms with Crippen molar-refractivity contribution in [3.05, 3.63) is 28.7 Å². The molecule has 0 radical (unpaired) electrons. The van der Waals surface area contributed by atoms with Crippen LogP contribution in [0, 0.1) is 0 Å². The quantitative estimate of drug-likeness (QED) is 0.726. The lowest BCUT2D eigenvalue weighted by molar-refractivity contribution is -0.121. The minimum atomic E-state index is -0.0688. The van der Waals surface area contributed by atoms with Crippen LogP contribution in [0.4, 0.5) is 5.69 Å². The lowest BCUT2D eigenvalue weighted by Gasteiger charge is -2.22. The largest absolute Gasteiger partial charge is 0.356 e. The maximum Gasteiger partial charge on any atom is 0.223 e. The minimum Gasteiger partial charge on any atom is -0.356 e. The fourth-order valence-electron chi connectivity index (χ4n) is 2.02. The SMILES string of the molecule is CCCCCNC(=O)CCN(C(C)=O)c1ccccc1Br. The number of para-hydroxylation sites is 1. The molecule has 4 nitrogen and oxygen atoms in total. The minimum absolute atomic E-state index is 0.00981. The molecular formula is C16H23BrN2O2. The van der Waals surface area contributed by atoms with Gasteiger partial charge in [0.1, 0.15) is 0 Å². The van der Waals surface area contributed by atoms with Gasteiger partial charge in [-0.1, -0.05) is 31.9 Å². The average molecular weight is 355 g/mol. The van der Waals surface area contributed by atoms with E-state index in [0.717, 1.165) is 29.4 Å². The van der Waals surface area contributed by atoms with Crippen molar-refractivity contribution in [2.75, 3.05) is 18.0 Å². The van der Waals surface area contributed by atoms with Gasteiger partial charge >= 0.3 is 0 Å². The van der Waals surface area contributed by atoms with Gasteiger partial charge in [0.05, 0.1) is 5.69 Å². The van der Waals surface area contributed by atoms with Crippen molar-refractivity contribution < 1.29 is 9.59 Å². The molecule has 0 unspecified atom stereocenters. The van der Waals surface area contributed by atoms with Gasteiger partial charge in [0.2, 0.25) is 11.8 Å². The van der Waals surface area contributed by atoms with E-state index in [1.165, 1.54) is 6.92 Å². The van der Waals surface area contributed by atoms with Gasteiger partial charge in [-0.3, -0.25) is 9.59 Å². The number of rotatable bonds is 8. The molecule has 0 spiro atoms. The number of hydrogen-bond donors (Lipinski definition) is 1. The number of hydrogen-bond acceptors (Lipinski definition) is 2. The van der Waals surface area contributed by atoms with E-state index >= 15 is 0 Å². The lowest BCUT2D eigenvalue weighted by Crippen LogP contribution is -2.34. The van der Waals surface area contributed by atoms with Crippen molar-refractivity contribution in [2.45, 2.75) is 39.5 Å². The molecule has 0 bridgehead atoms. The number of unbranched alkanes of at least 4 members (excludes halogenated alkanes) is 2. The number of anilines is 1. The van der Waals surface area contributed by atoms with Crippen LogP contribution in [0.5, 0.6) is 0 Å². The first-order valence-electron chi connectivity index (χ1n) is 7.35. The Morgan fingerprint density at radius 2 is 1.95 bits per heavy atom. The summed E-state index contributed by atoms with van der Waals surface area (Å²) in [5, 5.41) is 2.89. The van der Waals surface area contributed by atoms with Gasteiger partial charge in [0.15, 0.2) is 0 Å². The number of nitrogens with zero attached hydrogens (tertiary/aromatic N) is 1. The summed E-state index contributed by atoms with van der Waals surface area (Å²) in [6, 6.07) is 7.52. The molecule has 1 aromatic carbocycles. The summed E-state index contributed by atoms with van der Waals surface area (Å²) < 4.78 is 0.851. The Labute approximate surface area is 135 Å². The van der Waals surface area contributed by atoms with Crippen LogP contribution >= 0.6 is 15.9 Å². The smallest absolute Gasteiger partial charge is 0.223 e. The highest BCUT2D eigenvalue weighted by atomic mass is 79.9. The molecule has 0 saturated heterocycles. The number of carbonyl (C=O) groups excluding carboxylic acids is 2. The summed E-state index contributed by atoms with van der Waals surface area (Å²) in [6.45, 7) is 4.74. The van der Waals surface area contributed by atoms with Gasteiger partial charge in [0, 0.05) is 30.9 Å². The Morgan fingerprint density at radius 1 is 1.24 bits per heavy atom. The van der Waals surface area contributed by atoms with Crippen molar-refractivity contribution in [3.8, 4) is 0 Å². The highest BCUT2D eigenvalue weighted by Crippen LogP contribution is 2.25. The molecule has 1 aromatic rings. The van der Waals surface area contributed by atoms with Crippen molar-refractivity contribution in [3.63, 3.8) is 0 Å². The van der Waals surface area contributed by atoms with Crippen molar-refractivity contribution >= 4 is 33.4 Å². The van der Waals surface area contributed by atoms with Crippen LogP contribution in [0.1, 0.15) is 39.5 Å². The average Bonchev–Trinajstić information content (AvgIpc) is 2.45. The molecule has 116 valence electrons. The zero-order valence-electron chi connectivity index (χ0n) is 12.7. The monoisotopic (exact) mass is 354 g/mol. The second-order valence-corrected chi connectivity index (χ2v) is 5.78. The number of carbonyl (C=O) groups is 2. The predicted molar refractivity (Wildman–Crippen MR) is 89.3 cm³/mol. The third-order valence-corrected chi connectivity index (χ3v) is 3.86. The fraction of sp³-hybridized carbons (Fsp3) is 0.500. The second kappa shape index (κ2) is 9.55. The van der Waals surface area contributed by atoms with Crippen LogP contribution < -0.4 is 10.2 Å². The first-order chi connectivity index (χ1) is 10.1. The zero-order chi connectivity index (χ0) is 15.7. The normalized spacial score (nSPS) is 10.2. The van der Waals surface area contributed by atoms with Crippen molar-refractivity contribution in [1.82, 2.24) is 5.32 Å². The summed E-state index contributed by atoms with van der Waals surface area (Å²) in [5.41, 5.74) is 0.795. The van der Waals surface area contributed by atoms with E-state index in [4.69, 9.17) is 0 Å². The molecule has 1 N–H and O–H groups in total. The van der Waals surface area contributed by atoms with E-state index in [9.17, 15) is 9.59 Å². The number of halogens is 1. The summed E-state index contributed by atoms with van der Waals surface area (Å²) in [5.74, 6) is -0.0786. The van der Waals surface area contributed by atoms with Gasteiger partial charge in [0.25, 0.3) is 0 Å². The maximum absolute atomic E-state index is 11.8. The number of nitrogens with one attached hydrogen (secondary N) is 1. The Balaban J connectivity index is 2.51. The summed E-state index contributed by atoms with van der Waals surface area (Å²) in [6.07, 6.45) is 3.57. The molecule has 0 aliphatic heterocycles. The van der Waals surface area contributed by atoms with E-state index in [-0.39, 0.29) is 11.8 Å². The van der Waals surface area contributed by atoms with Crippen LogP contribution in [0.15, 0.2) is 28.7 Å². The Kier molecular flexibility index (Phi) is 8.05. The third-order valence-electron chi connectivity index (χ3n) is 3.19. The summed E-state index contributed by atoms with van der Waals surface area (Å²) in [7, 11) is 0. The van der Waals surface area contributed by atoms with E-state index in [0.29, 0.717) is 19.5 Å². The zero-order valence-corrected chi connectivity index (χ0v) is 14.3. The van der Waals surface area contributed by atoms with Gasteiger partial charge in [-0.25, -0.2) is 0 Å². The van der Waals surface area contributed by atoms with Crippen molar-refractivity contribution in [1.29, 1.82) is 0 Å². The van der Waals surface area contributed by atoms with Crippen LogP contribution in [0.3, 0.4) is 0 Å². The molecule has 0 saturated carbocycles. The predicted octanol–water partition coefficient (Wildman–Crippen LogP) is 3.50. The van der Waals surface area contributed by atoms with Crippen molar-refractivity contribution in [2.24, 2.45) is 0 Å². The Morgan fingerprint density at radius 3 is 2.57 bits per heavy atom. The maximum atomic E-state index is 11.8. The van der Waals surface area contributed by atoms with Gasteiger partial charge in [-0.2, -0.15) is 0 Å². The van der Waals surface area contributed by atoms with Gasteiger partial charge in [-0.05, 0) is 34.5 Å². The molecule has 0 heterocycles. The lowest BCUT2D eigenvalue weighted by atomic mass is 10.2. The molecule has 5 heteroatoms. The van der Waals surface area contributed by atoms with E-state index < -0.39 is 0 Å². The molecule has 21 heavy (non-hydrogen) atoms. The van der Waals surface area contributed by atoms with E-state index in [2.05, 4.69) is 28.2 Å². The van der Waals surface area contributed by atoms with Crippen LogP contribution in [0.25, 0.3) is 0 Å². The van der Waals surface area contributed by atoms with Gasteiger partial charge in [-0.15, -0.1) is 0 Å². The van der Waals surface area contributed by atoms with Crippen LogP contribution in [-0.4, -0.2) is 24.9 Å². The highest BCUT2D eigenvalue weighted by molar-refractivity contribution is 9.10. The number of amides is 2. The molecule has 0 aliphatic carbocycles. The van der Waals surface area contributed by atoms with Crippen LogP contribution in [0.2, 0.25) is 0 Å². The molecule has 0 fully saturated rings. The molecule has 0 aromatic heterocycles. The third kappa shape index (κ3) is 6.29. The van der Waals surface area contributed by atoms with E-state index in [1.54, 1.807) is 4.90 Å². The molecular weight excluding hydrogens is 332 g/mol.